The minimum Gasteiger partial charge on any atom is -0.466 e. The van der Waals surface area contributed by atoms with E-state index in [2.05, 4.69) is 28.2 Å². The topological polar surface area (TPSA) is 95.9 Å². The molecule has 0 saturated carbocycles. The Bertz CT molecular complexity index is 707. The summed E-state index contributed by atoms with van der Waals surface area (Å²) in [5.74, 6) is -1.95. The lowest BCUT2D eigenvalue weighted by atomic mass is 9.71. The molecule has 7 nitrogen and oxygen atoms in total. The maximum absolute atomic E-state index is 13.8. The molecule has 1 spiro atoms. The van der Waals surface area contributed by atoms with Crippen molar-refractivity contribution in [1.82, 2.24) is 10.2 Å². The number of aliphatic hydroxyl groups is 1. The summed E-state index contributed by atoms with van der Waals surface area (Å²) < 4.78 is 4.65. The fraction of sp³-hybridized carbons (Fsp3) is 0.864. The van der Waals surface area contributed by atoms with Gasteiger partial charge in [0, 0.05) is 16.6 Å². The van der Waals surface area contributed by atoms with Crippen LogP contribution >= 0.6 is 27.7 Å². The van der Waals surface area contributed by atoms with E-state index >= 15 is 0 Å². The zero-order valence-corrected chi connectivity index (χ0v) is 21.2. The first-order chi connectivity index (χ1) is 14.7. The Morgan fingerprint density at radius 2 is 2.06 bits per heavy atom. The lowest BCUT2D eigenvalue weighted by Gasteiger charge is -2.38. The summed E-state index contributed by atoms with van der Waals surface area (Å²) in [6.07, 6.45) is 3.60. The number of unbranched alkanes of at least 4 members (excludes halogenated alkanes) is 2. The summed E-state index contributed by atoms with van der Waals surface area (Å²) in [5, 5.41) is 13.1. The number of hydrogen-bond acceptors (Lipinski definition) is 6. The summed E-state index contributed by atoms with van der Waals surface area (Å²) in [5.41, 5.74) is 0. The van der Waals surface area contributed by atoms with Crippen molar-refractivity contribution in [2.45, 2.75) is 80.3 Å². The third kappa shape index (κ3) is 4.14. The van der Waals surface area contributed by atoms with Crippen LogP contribution in [0.2, 0.25) is 0 Å². The molecule has 0 radical (unpaired) electrons. The molecule has 3 fully saturated rings. The minimum atomic E-state index is -0.708. The molecule has 0 aromatic heterocycles. The molecule has 0 aromatic carbocycles. The second-order valence-electron chi connectivity index (χ2n) is 9.15. The number of carbonyl (C=O) groups is 3. The van der Waals surface area contributed by atoms with Crippen LogP contribution in [0.4, 0.5) is 0 Å². The first-order valence-electron chi connectivity index (χ1n) is 11.4. The third-order valence-corrected chi connectivity index (χ3v) is 10.1. The molecule has 3 saturated heterocycles. The molecule has 176 valence electrons. The second-order valence-corrected chi connectivity index (χ2v) is 11.9. The van der Waals surface area contributed by atoms with E-state index in [4.69, 9.17) is 4.74 Å². The van der Waals surface area contributed by atoms with E-state index in [-0.39, 0.29) is 47.0 Å². The molecule has 2 N–H and O–H groups in total. The van der Waals surface area contributed by atoms with Crippen molar-refractivity contribution in [1.29, 1.82) is 0 Å². The van der Waals surface area contributed by atoms with Gasteiger partial charge >= 0.3 is 5.97 Å². The monoisotopic (exact) mass is 518 g/mol. The SMILES string of the molecule is CCCCCNC(=O)C1N([C@@H](CO)C(C)C)C(=O)[C@@H]2[C@H](C(=O)OCC)[C@H]3SC12CC3Br. The highest BCUT2D eigenvalue weighted by molar-refractivity contribution is 9.09. The highest BCUT2D eigenvalue weighted by atomic mass is 79.9. The number of carbonyl (C=O) groups excluding carboxylic acids is 3. The quantitative estimate of drug-likeness (QED) is 0.261. The molecular weight excluding hydrogens is 484 g/mol. The standard InChI is InChI=1S/C22H35BrN2O5S/c1-5-7-8-9-24-19(27)18-22-10-13(23)17(31-22)15(21(29)30-6-2)16(22)20(28)25(18)14(11-26)12(3)4/h12-18,26H,5-11H2,1-4H3,(H,24,27)/t13?,14-,15-,16-,17-,18?,22?/m0/s1. The number of thioether (sulfide) groups is 1. The van der Waals surface area contributed by atoms with Crippen molar-refractivity contribution in [2.24, 2.45) is 17.8 Å². The summed E-state index contributed by atoms with van der Waals surface area (Å²) in [4.78, 5) is 41.8. The molecule has 3 heterocycles. The largest absolute Gasteiger partial charge is 0.466 e. The van der Waals surface area contributed by atoms with E-state index in [1.165, 1.54) is 0 Å². The Hall–Kier alpha value is -0.800. The molecule has 0 aromatic rings. The number of ether oxygens (including phenoxy) is 1. The molecule has 3 unspecified atom stereocenters. The van der Waals surface area contributed by atoms with Gasteiger partial charge in [0.25, 0.3) is 0 Å². The predicted octanol–water partition coefficient (Wildman–Crippen LogP) is 2.34. The molecular formula is C22H35BrN2O5S. The van der Waals surface area contributed by atoms with Crippen LogP contribution in [0.3, 0.4) is 0 Å². The van der Waals surface area contributed by atoms with Crippen LogP contribution in [0.5, 0.6) is 0 Å². The molecule has 3 aliphatic rings. The van der Waals surface area contributed by atoms with Crippen LogP contribution in [0.1, 0.15) is 53.4 Å². The van der Waals surface area contributed by atoms with Crippen LogP contribution in [-0.2, 0) is 19.1 Å². The van der Waals surface area contributed by atoms with Gasteiger partial charge in [-0.05, 0) is 25.7 Å². The molecule has 7 atom stereocenters. The lowest BCUT2D eigenvalue weighted by molar-refractivity contribution is -0.154. The molecule has 2 amide bonds. The maximum Gasteiger partial charge on any atom is 0.310 e. The Morgan fingerprint density at radius 1 is 1.35 bits per heavy atom. The van der Waals surface area contributed by atoms with Crippen molar-refractivity contribution >= 4 is 45.5 Å². The van der Waals surface area contributed by atoms with E-state index in [1.807, 2.05) is 13.8 Å². The number of aliphatic hydroxyl groups excluding tert-OH is 1. The number of hydrogen-bond donors (Lipinski definition) is 2. The van der Waals surface area contributed by atoms with Crippen LogP contribution in [0.15, 0.2) is 0 Å². The zero-order valence-electron chi connectivity index (χ0n) is 18.8. The van der Waals surface area contributed by atoms with Crippen molar-refractivity contribution in [3.8, 4) is 0 Å². The number of esters is 1. The Balaban J connectivity index is 2.00. The summed E-state index contributed by atoms with van der Waals surface area (Å²) in [7, 11) is 0. The van der Waals surface area contributed by atoms with Gasteiger partial charge in [-0.3, -0.25) is 14.4 Å². The van der Waals surface area contributed by atoms with Gasteiger partial charge in [-0.1, -0.05) is 49.5 Å². The van der Waals surface area contributed by atoms with Gasteiger partial charge in [-0.25, -0.2) is 0 Å². The Kier molecular flexibility index (Phi) is 8.01. The first-order valence-corrected chi connectivity index (χ1v) is 13.2. The highest BCUT2D eigenvalue weighted by Gasteiger charge is 2.76. The molecule has 9 heteroatoms. The van der Waals surface area contributed by atoms with Gasteiger partial charge in [0.1, 0.15) is 6.04 Å². The highest BCUT2D eigenvalue weighted by Crippen LogP contribution is 2.68. The zero-order chi connectivity index (χ0) is 22.9. The van der Waals surface area contributed by atoms with E-state index in [1.54, 1.807) is 23.6 Å². The molecule has 2 bridgehead atoms. The van der Waals surface area contributed by atoms with Crippen LogP contribution in [0.25, 0.3) is 0 Å². The smallest absolute Gasteiger partial charge is 0.310 e. The van der Waals surface area contributed by atoms with Crippen LogP contribution in [0, 0.1) is 17.8 Å². The minimum absolute atomic E-state index is 0.0254. The number of alkyl halides is 1. The van der Waals surface area contributed by atoms with Gasteiger partial charge in [0.15, 0.2) is 0 Å². The van der Waals surface area contributed by atoms with Gasteiger partial charge in [0.2, 0.25) is 11.8 Å². The van der Waals surface area contributed by atoms with Gasteiger partial charge < -0.3 is 20.1 Å². The predicted molar refractivity (Wildman–Crippen MR) is 124 cm³/mol. The average Bonchev–Trinajstić information content (AvgIpc) is 3.30. The molecule has 3 aliphatic heterocycles. The van der Waals surface area contributed by atoms with Gasteiger partial charge in [0.05, 0.1) is 35.8 Å². The number of halogens is 1. The summed E-state index contributed by atoms with van der Waals surface area (Å²) >= 11 is 5.31. The first kappa shape index (κ1) is 24.8. The second kappa shape index (κ2) is 10.00. The maximum atomic E-state index is 13.8. The third-order valence-electron chi connectivity index (χ3n) is 6.93. The van der Waals surface area contributed by atoms with Gasteiger partial charge in [-0.2, -0.15) is 0 Å². The number of fused-ring (bicyclic) bond motifs is 1. The molecule has 31 heavy (non-hydrogen) atoms. The lowest BCUT2D eigenvalue weighted by Crippen LogP contribution is -2.58. The Labute approximate surface area is 197 Å². The number of amides is 2. The number of rotatable bonds is 10. The molecule has 3 rings (SSSR count). The number of nitrogens with one attached hydrogen (secondary N) is 1. The molecule has 0 aliphatic carbocycles. The summed E-state index contributed by atoms with van der Waals surface area (Å²) in [6.45, 7) is 8.34. The number of likely N-dealkylation sites (tertiary alicyclic amines) is 1. The van der Waals surface area contributed by atoms with Crippen molar-refractivity contribution in [2.75, 3.05) is 19.8 Å². The Morgan fingerprint density at radius 3 is 2.65 bits per heavy atom. The van der Waals surface area contributed by atoms with E-state index in [9.17, 15) is 19.5 Å². The van der Waals surface area contributed by atoms with Crippen molar-refractivity contribution in [3.05, 3.63) is 0 Å². The van der Waals surface area contributed by atoms with Crippen molar-refractivity contribution in [3.63, 3.8) is 0 Å². The summed E-state index contributed by atoms with van der Waals surface area (Å²) in [6, 6.07) is -1.18. The van der Waals surface area contributed by atoms with Crippen LogP contribution in [-0.4, -0.2) is 74.5 Å². The van der Waals surface area contributed by atoms with E-state index in [0.717, 1.165) is 19.3 Å². The number of nitrogens with zero attached hydrogens (tertiary/aromatic N) is 1. The normalized spacial score (nSPS) is 34.9. The van der Waals surface area contributed by atoms with Gasteiger partial charge in [-0.15, -0.1) is 11.8 Å². The van der Waals surface area contributed by atoms with E-state index in [0.29, 0.717) is 13.0 Å². The average molecular weight is 520 g/mol. The fourth-order valence-corrected chi connectivity index (χ4v) is 9.12. The fourth-order valence-electron chi connectivity index (χ4n) is 5.54. The van der Waals surface area contributed by atoms with E-state index < -0.39 is 28.7 Å². The van der Waals surface area contributed by atoms with Crippen LogP contribution < -0.4 is 5.32 Å². The van der Waals surface area contributed by atoms with Crippen molar-refractivity contribution < 1.29 is 24.2 Å².